The summed E-state index contributed by atoms with van der Waals surface area (Å²) in [6.45, 7) is 8.98. The molecule has 29 heavy (non-hydrogen) atoms. The third kappa shape index (κ3) is 4.35. The lowest BCUT2D eigenvalue weighted by Crippen LogP contribution is -2.08. The maximum absolute atomic E-state index is 6.00. The van der Waals surface area contributed by atoms with Gasteiger partial charge in [0.15, 0.2) is 11.0 Å². The van der Waals surface area contributed by atoms with Crippen LogP contribution in [-0.4, -0.2) is 24.1 Å². The molecule has 0 spiro atoms. The molecule has 3 heterocycles. The highest BCUT2D eigenvalue weighted by atomic mass is 32.2. The molecular weight excluding hydrogens is 382 g/mol. The number of imidazole rings is 1. The van der Waals surface area contributed by atoms with Crippen LogP contribution in [0.2, 0.25) is 0 Å². The second-order valence-electron chi connectivity index (χ2n) is 6.84. The first-order valence-corrected chi connectivity index (χ1v) is 10.4. The lowest BCUT2D eigenvalue weighted by Gasteiger charge is -2.11. The van der Waals surface area contributed by atoms with E-state index in [9.17, 15) is 0 Å². The van der Waals surface area contributed by atoms with Crippen molar-refractivity contribution in [1.82, 2.24) is 24.1 Å². The maximum Gasteiger partial charge on any atom is 0.191 e. The number of hydrogen-bond acceptors (Lipinski definition) is 5. The van der Waals surface area contributed by atoms with Crippen molar-refractivity contribution in [2.45, 2.75) is 37.9 Å². The SMILES string of the molecule is C=CCn1c(COc2ccc(C)cc2C)nnc1SCc1cn2ccccc2n1. The fourth-order valence-corrected chi connectivity index (χ4v) is 3.99. The molecule has 6 nitrogen and oxygen atoms in total. The molecule has 0 atom stereocenters. The number of allylic oxidation sites excluding steroid dienone is 1. The Morgan fingerprint density at radius 1 is 1.17 bits per heavy atom. The summed E-state index contributed by atoms with van der Waals surface area (Å²) >= 11 is 1.61. The van der Waals surface area contributed by atoms with Gasteiger partial charge in [-0.25, -0.2) is 4.98 Å². The largest absolute Gasteiger partial charge is 0.485 e. The van der Waals surface area contributed by atoms with E-state index < -0.39 is 0 Å². The van der Waals surface area contributed by atoms with Gasteiger partial charge in [0.1, 0.15) is 18.0 Å². The summed E-state index contributed by atoms with van der Waals surface area (Å²) in [5, 5.41) is 9.55. The highest BCUT2D eigenvalue weighted by molar-refractivity contribution is 7.98. The van der Waals surface area contributed by atoms with Crippen molar-refractivity contribution in [1.29, 1.82) is 0 Å². The summed E-state index contributed by atoms with van der Waals surface area (Å²) in [7, 11) is 0. The number of thioether (sulfide) groups is 1. The van der Waals surface area contributed by atoms with Crippen LogP contribution in [0.5, 0.6) is 5.75 Å². The summed E-state index contributed by atoms with van der Waals surface area (Å²) < 4.78 is 10.1. The molecular formula is C22H23N5OS. The van der Waals surface area contributed by atoms with Crippen molar-refractivity contribution in [2.24, 2.45) is 0 Å². The van der Waals surface area contributed by atoms with Crippen molar-refractivity contribution in [2.75, 3.05) is 0 Å². The van der Waals surface area contributed by atoms with Gasteiger partial charge in [-0.2, -0.15) is 0 Å². The predicted octanol–water partition coefficient (Wildman–Crippen LogP) is 4.60. The van der Waals surface area contributed by atoms with Gasteiger partial charge in [0.05, 0.1) is 5.69 Å². The molecule has 7 heteroatoms. The van der Waals surface area contributed by atoms with E-state index in [2.05, 4.69) is 34.8 Å². The van der Waals surface area contributed by atoms with Gasteiger partial charge in [0.2, 0.25) is 0 Å². The second-order valence-corrected chi connectivity index (χ2v) is 7.79. The Morgan fingerprint density at radius 2 is 2.07 bits per heavy atom. The van der Waals surface area contributed by atoms with Crippen LogP contribution in [0.1, 0.15) is 22.6 Å². The molecule has 0 N–H and O–H groups in total. The Bertz CT molecular complexity index is 1110. The molecule has 4 aromatic rings. The summed E-state index contributed by atoms with van der Waals surface area (Å²) in [6.07, 6.45) is 5.89. The van der Waals surface area contributed by atoms with Crippen LogP contribution in [0.25, 0.3) is 5.65 Å². The summed E-state index contributed by atoms with van der Waals surface area (Å²) in [4.78, 5) is 4.64. The average Bonchev–Trinajstić information content (AvgIpc) is 3.29. The lowest BCUT2D eigenvalue weighted by atomic mass is 10.1. The molecule has 0 saturated carbocycles. The van der Waals surface area contributed by atoms with Gasteiger partial charge in [0, 0.05) is 24.7 Å². The number of aromatic nitrogens is 5. The Labute approximate surface area is 174 Å². The standard InChI is InChI=1S/C22H23N5OS/c1-4-10-27-21(14-28-19-9-8-16(2)12-17(19)3)24-25-22(27)29-15-18-13-26-11-6-5-7-20(26)23-18/h4-9,11-13H,1,10,14-15H2,2-3H3. The minimum atomic E-state index is 0.361. The molecule has 0 aliphatic rings. The van der Waals surface area contributed by atoms with Crippen LogP contribution in [-0.2, 0) is 18.9 Å². The first-order valence-electron chi connectivity index (χ1n) is 9.42. The molecule has 0 aliphatic heterocycles. The molecule has 0 saturated heterocycles. The molecule has 0 unspecified atom stereocenters. The van der Waals surface area contributed by atoms with E-state index in [1.54, 1.807) is 11.8 Å². The molecule has 3 aromatic heterocycles. The molecule has 4 rings (SSSR count). The number of rotatable bonds is 8. The average molecular weight is 406 g/mol. The van der Waals surface area contributed by atoms with Crippen molar-refractivity contribution >= 4 is 17.4 Å². The topological polar surface area (TPSA) is 57.2 Å². The molecule has 0 radical (unpaired) electrons. The fraction of sp³-hybridized carbons (Fsp3) is 0.227. The van der Waals surface area contributed by atoms with Crippen LogP contribution in [0, 0.1) is 13.8 Å². The minimum absolute atomic E-state index is 0.361. The molecule has 0 fully saturated rings. The van der Waals surface area contributed by atoms with Gasteiger partial charge in [-0.1, -0.05) is 41.6 Å². The third-order valence-electron chi connectivity index (χ3n) is 4.56. The van der Waals surface area contributed by atoms with Crippen molar-refractivity contribution in [3.63, 3.8) is 0 Å². The first kappa shape index (κ1) is 19.3. The number of ether oxygens (including phenoxy) is 1. The number of benzene rings is 1. The van der Waals surface area contributed by atoms with E-state index in [1.165, 1.54) is 5.56 Å². The third-order valence-corrected chi connectivity index (χ3v) is 5.56. The van der Waals surface area contributed by atoms with Gasteiger partial charge in [-0.15, -0.1) is 16.8 Å². The van der Waals surface area contributed by atoms with E-state index in [0.29, 0.717) is 13.2 Å². The van der Waals surface area contributed by atoms with E-state index in [1.807, 2.05) is 64.7 Å². The van der Waals surface area contributed by atoms with Gasteiger partial charge < -0.3 is 9.14 Å². The Kier molecular flexibility index (Phi) is 5.67. The number of fused-ring (bicyclic) bond motifs is 1. The van der Waals surface area contributed by atoms with E-state index >= 15 is 0 Å². The Balaban J connectivity index is 1.47. The molecule has 1 aromatic carbocycles. The summed E-state index contributed by atoms with van der Waals surface area (Å²) in [6, 6.07) is 12.1. The zero-order valence-electron chi connectivity index (χ0n) is 16.6. The van der Waals surface area contributed by atoms with Crippen LogP contribution in [0.4, 0.5) is 0 Å². The highest BCUT2D eigenvalue weighted by Gasteiger charge is 2.14. The van der Waals surface area contributed by atoms with E-state index in [4.69, 9.17) is 4.74 Å². The monoisotopic (exact) mass is 405 g/mol. The molecule has 0 bridgehead atoms. The van der Waals surface area contributed by atoms with Gasteiger partial charge >= 0.3 is 0 Å². The van der Waals surface area contributed by atoms with Crippen LogP contribution < -0.4 is 4.74 Å². The van der Waals surface area contributed by atoms with Gasteiger partial charge in [0.25, 0.3) is 0 Å². The molecule has 148 valence electrons. The van der Waals surface area contributed by atoms with Crippen molar-refractivity contribution in [3.8, 4) is 5.75 Å². The Hall–Kier alpha value is -3.06. The minimum Gasteiger partial charge on any atom is -0.485 e. The first-order chi connectivity index (χ1) is 14.1. The van der Waals surface area contributed by atoms with Gasteiger partial charge in [-0.05, 0) is 37.6 Å². The van der Waals surface area contributed by atoms with Crippen LogP contribution in [0.3, 0.4) is 0 Å². The molecule has 0 amide bonds. The smallest absolute Gasteiger partial charge is 0.191 e. The van der Waals surface area contributed by atoms with E-state index in [0.717, 1.165) is 39.4 Å². The van der Waals surface area contributed by atoms with Crippen molar-refractivity contribution < 1.29 is 4.74 Å². The number of hydrogen-bond donors (Lipinski definition) is 0. The van der Waals surface area contributed by atoms with Crippen molar-refractivity contribution in [3.05, 3.63) is 84.1 Å². The zero-order valence-corrected chi connectivity index (χ0v) is 17.4. The zero-order chi connectivity index (χ0) is 20.2. The summed E-state index contributed by atoms with van der Waals surface area (Å²) in [5.41, 5.74) is 4.28. The number of aryl methyl sites for hydroxylation is 2. The quantitative estimate of drug-likeness (QED) is 0.317. The maximum atomic E-state index is 6.00. The van der Waals surface area contributed by atoms with Crippen LogP contribution >= 0.6 is 11.8 Å². The number of nitrogens with zero attached hydrogens (tertiary/aromatic N) is 5. The number of pyridine rings is 1. The van der Waals surface area contributed by atoms with Gasteiger partial charge in [-0.3, -0.25) is 4.57 Å². The Morgan fingerprint density at radius 3 is 2.86 bits per heavy atom. The molecule has 0 aliphatic carbocycles. The second kappa shape index (κ2) is 8.53. The predicted molar refractivity (Wildman–Crippen MR) is 115 cm³/mol. The van der Waals surface area contributed by atoms with Crippen LogP contribution in [0.15, 0.2) is 66.6 Å². The van der Waals surface area contributed by atoms with E-state index in [-0.39, 0.29) is 0 Å². The normalized spacial score (nSPS) is 11.1. The highest BCUT2D eigenvalue weighted by Crippen LogP contribution is 2.24. The summed E-state index contributed by atoms with van der Waals surface area (Å²) in [5.74, 6) is 2.36. The lowest BCUT2D eigenvalue weighted by molar-refractivity contribution is 0.287. The fourth-order valence-electron chi connectivity index (χ4n) is 3.14.